The summed E-state index contributed by atoms with van der Waals surface area (Å²) in [5.41, 5.74) is 7.38. The van der Waals surface area contributed by atoms with Crippen LogP contribution < -0.4 is 0 Å². The molecule has 0 aliphatic rings. The summed E-state index contributed by atoms with van der Waals surface area (Å²) in [5.74, 6) is 1.10. The van der Waals surface area contributed by atoms with E-state index in [1.165, 1.54) is 43.8 Å². The van der Waals surface area contributed by atoms with Gasteiger partial charge in [0.2, 0.25) is 0 Å². The molecule has 6 aromatic rings. The second-order valence-corrected chi connectivity index (χ2v) is 9.85. The van der Waals surface area contributed by atoms with Gasteiger partial charge in [0, 0.05) is 23.8 Å². The third-order valence-corrected chi connectivity index (χ3v) is 6.82. The Morgan fingerprint density at radius 3 is 1.30 bits per heavy atom. The smallest absolute Gasteiger partial charge is 0.272 e. The minimum Gasteiger partial charge on any atom is -0.272 e. The Balaban J connectivity index is 0.000000168. The van der Waals surface area contributed by atoms with Gasteiger partial charge in [0.05, 0.1) is 0 Å². The molecule has 0 saturated carbocycles. The van der Waals surface area contributed by atoms with Gasteiger partial charge >= 0.3 is 26.2 Å². The third-order valence-electron chi connectivity index (χ3n) is 6.82. The molecule has 0 N–H and O–H groups in total. The number of benzene rings is 2. The number of hydrogen-bond acceptors (Lipinski definition) is 2. The van der Waals surface area contributed by atoms with E-state index in [0.29, 0.717) is 11.8 Å². The van der Waals surface area contributed by atoms with E-state index in [4.69, 9.17) is 0 Å². The normalized spacial score (nSPS) is 11.0. The molecule has 0 atom stereocenters. The Morgan fingerprint density at radius 2 is 0.946 bits per heavy atom. The average Bonchev–Trinajstić information content (AvgIpc) is 3.54. The van der Waals surface area contributed by atoms with E-state index >= 15 is 0 Å². The molecule has 0 aliphatic heterocycles. The van der Waals surface area contributed by atoms with Crippen LogP contribution in [0, 0.1) is 0 Å². The molecule has 4 aromatic carbocycles. The summed E-state index contributed by atoms with van der Waals surface area (Å²) in [6, 6.07) is 34.0. The molecular weight excluding hydrogens is 528 g/mol. The Bertz CT molecular complexity index is 1450. The van der Waals surface area contributed by atoms with Gasteiger partial charge in [0.1, 0.15) is 0 Å². The van der Waals surface area contributed by atoms with Crippen molar-refractivity contribution in [2.75, 3.05) is 0 Å². The number of fused-ring (bicyclic) bond motifs is 2. The minimum atomic E-state index is 0. The van der Waals surface area contributed by atoms with Crippen LogP contribution in [-0.4, -0.2) is 9.97 Å². The summed E-state index contributed by atoms with van der Waals surface area (Å²) >= 11 is 0. The van der Waals surface area contributed by atoms with Crippen molar-refractivity contribution in [3.05, 3.63) is 121 Å². The van der Waals surface area contributed by atoms with Crippen molar-refractivity contribution in [3.8, 4) is 22.5 Å². The Hall–Kier alpha value is -3.16. The molecule has 37 heavy (non-hydrogen) atoms. The first-order chi connectivity index (χ1) is 17.5. The van der Waals surface area contributed by atoms with Gasteiger partial charge in [-0.25, -0.2) is 0 Å². The van der Waals surface area contributed by atoms with E-state index in [9.17, 15) is 0 Å². The van der Waals surface area contributed by atoms with Gasteiger partial charge < -0.3 is 0 Å². The van der Waals surface area contributed by atoms with Gasteiger partial charge in [-0.15, -0.1) is 57.9 Å². The standard InChI is InChI=1S/2C17H16N.Zr/c2*1-12(2)13-6-5-7-14-15(13)9-10-16(14)17-8-3-4-11-18-17;/h2*3-12H,1-2H3;/q2*-1;+2. The van der Waals surface area contributed by atoms with Crippen molar-refractivity contribution in [2.45, 2.75) is 39.5 Å². The number of pyridine rings is 2. The van der Waals surface area contributed by atoms with E-state index in [1.54, 1.807) is 0 Å². The maximum atomic E-state index is 4.45. The fourth-order valence-electron chi connectivity index (χ4n) is 5.02. The molecule has 0 bridgehead atoms. The average molecular weight is 560 g/mol. The molecule has 0 aliphatic carbocycles. The third kappa shape index (κ3) is 5.58. The number of rotatable bonds is 4. The zero-order chi connectivity index (χ0) is 25.1. The summed E-state index contributed by atoms with van der Waals surface area (Å²) in [6.07, 6.45) is 3.70. The van der Waals surface area contributed by atoms with E-state index in [-0.39, 0.29) is 26.2 Å². The van der Waals surface area contributed by atoms with Crippen LogP contribution in [0.1, 0.15) is 50.7 Å². The van der Waals surface area contributed by atoms with Crippen LogP contribution in [0.25, 0.3) is 44.1 Å². The second-order valence-electron chi connectivity index (χ2n) is 9.85. The molecule has 0 fully saturated rings. The topological polar surface area (TPSA) is 25.8 Å². The first-order valence-electron chi connectivity index (χ1n) is 12.7. The van der Waals surface area contributed by atoms with Crippen molar-refractivity contribution in [3.63, 3.8) is 0 Å². The molecule has 0 saturated heterocycles. The largest absolute Gasteiger partial charge is 2.00 e. The predicted octanol–water partition coefficient (Wildman–Crippen LogP) is 9.49. The SMILES string of the molecule is CC(C)c1cccc2c1cc[c-]2-c1ccccn1.CC(C)c1cccc2c1cc[c-]2-c1ccccn1.[Zr+2]. The first-order valence-corrected chi connectivity index (χ1v) is 12.7. The molecule has 182 valence electrons. The molecular formula is C34H32N2Zr. The number of nitrogens with zero attached hydrogens (tertiary/aromatic N) is 2. The predicted molar refractivity (Wildman–Crippen MR) is 154 cm³/mol. The summed E-state index contributed by atoms with van der Waals surface area (Å²) in [6.45, 7) is 8.95. The van der Waals surface area contributed by atoms with E-state index in [0.717, 1.165) is 11.4 Å². The van der Waals surface area contributed by atoms with Crippen LogP contribution in [0.4, 0.5) is 0 Å². The summed E-state index contributed by atoms with van der Waals surface area (Å²) in [4.78, 5) is 8.89. The van der Waals surface area contributed by atoms with Crippen LogP contribution in [0.5, 0.6) is 0 Å². The molecule has 6 rings (SSSR count). The van der Waals surface area contributed by atoms with Crippen LogP contribution in [0.2, 0.25) is 0 Å². The zero-order valence-corrected chi connectivity index (χ0v) is 24.4. The fraction of sp³-hybridized carbons (Fsp3) is 0.176. The monoisotopic (exact) mass is 558 g/mol. The molecule has 0 spiro atoms. The van der Waals surface area contributed by atoms with Gasteiger partial charge in [-0.2, -0.15) is 0 Å². The summed E-state index contributed by atoms with van der Waals surface area (Å²) in [7, 11) is 0. The van der Waals surface area contributed by atoms with Gasteiger partial charge in [-0.3, -0.25) is 9.97 Å². The van der Waals surface area contributed by atoms with E-state index in [1.807, 2.05) is 36.7 Å². The molecule has 0 unspecified atom stereocenters. The van der Waals surface area contributed by atoms with Crippen molar-refractivity contribution in [2.24, 2.45) is 0 Å². The molecule has 2 nitrogen and oxygen atoms in total. The molecule has 2 aromatic heterocycles. The Labute approximate surface area is 239 Å². The quantitative estimate of drug-likeness (QED) is 0.201. The molecule has 0 amide bonds. The first kappa shape index (κ1) is 26.9. The molecule has 3 heteroatoms. The summed E-state index contributed by atoms with van der Waals surface area (Å²) < 4.78 is 0. The van der Waals surface area contributed by atoms with Crippen LogP contribution >= 0.6 is 0 Å². The zero-order valence-electron chi connectivity index (χ0n) is 21.9. The fourth-order valence-corrected chi connectivity index (χ4v) is 5.02. The van der Waals surface area contributed by atoms with Crippen molar-refractivity contribution in [1.82, 2.24) is 9.97 Å². The van der Waals surface area contributed by atoms with E-state index < -0.39 is 0 Å². The molecule has 2 heterocycles. The summed E-state index contributed by atoms with van der Waals surface area (Å²) in [5, 5.41) is 5.32. The van der Waals surface area contributed by atoms with Gasteiger partial charge in [-0.1, -0.05) is 111 Å². The Morgan fingerprint density at radius 1 is 0.514 bits per heavy atom. The maximum absolute atomic E-state index is 4.45. The van der Waals surface area contributed by atoms with Crippen molar-refractivity contribution >= 4 is 21.5 Å². The van der Waals surface area contributed by atoms with Crippen molar-refractivity contribution in [1.29, 1.82) is 0 Å². The van der Waals surface area contributed by atoms with Crippen molar-refractivity contribution < 1.29 is 26.2 Å². The van der Waals surface area contributed by atoms with Gasteiger partial charge in [0.15, 0.2) is 0 Å². The van der Waals surface area contributed by atoms with Crippen LogP contribution in [0.3, 0.4) is 0 Å². The minimum absolute atomic E-state index is 0. The maximum Gasteiger partial charge on any atom is 2.00 e. The van der Waals surface area contributed by atoms with E-state index in [2.05, 4.69) is 110 Å². The Kier molecular flexibility index (Phi) is 8.67. The second kappa shape index (κ2) is 11.9. The number of aromatic nitrogens is 2. The van der Waals surface area contributed by atoms with Gasteiger partial charge in [0.25, 0.3) is 0 Å². The van der Waals surface area contributed by atoms with Crippen LogP contribution in [0.15, 0.2) is 109 Å². The number of hydrogen-bond donors (Lipinski definition) is 0. The van der Waals surface area contributed by atoms with Gasteiger partial charge in [-0.05, 0) is 11.8 Å². The van der Waals surface area contributed by atoms with Crippen LogP contribution in [-0.2, 0) is 26.2 Å². The molecule has 0 radical (unpaired) electrons.